The van der Waals surface area contributed by atoms with Crippen LogP contribution in [0.3, 0.4) is 0 Å². The number of aliphatic carboxylic acids is 1. The van der Waals surface area contributed by atoms with E-state index < -0.39 is 5.97 Å². The van der Waals surface area contributed by atoms with Crippen LogP contribution in [0.2, 0.25) is 0 Å². The minimum atomic E-state index is -1.04. The van der Waals surface area contributed by atoms with Gasteiger partial charge in [-0.3, -0.25) is 4.79 Å². The average Bonchev–Trinajstić information content (AvgIpc) is 2.38. The molecule has 2 N–H and O–H groups in total. The van der Waals surface area contributed by atoms with Gasteiger partial charge < -0.3 is 10.4 Å². The molecule has 1 rings (SSSR count). The summed E-state index contributed by atoms with van der Waals surface area (Å²) in [7, 11) is 0. The van der Waals surface area contributed by atoms with Crippen LogP contribution in [0.25, 0.3) is 0 Å². The van der Waals surface area contributed by atoms with Gasteiger partial charge in [0.15, 0.2) is 0 Å². The lowest BCUT2D eigenvalue weighted by Crippen LogP contribution is -2.27. The molecule has 0 fully saturated rings. The fraction of sp³-hybridized carbons (Fsp3) is 0.571. The molecule has 0 aromatic carbocycles. The molecule has 0 heterocycles. The predicted molar refractivity (Wildman–Crippen MR) is 70.2 cm³/mol. The third-order valence-electron chi connectivity index (χ3n) is 3.34. The van der Waals surface area contributed by atoms with Crippen LogP contribution < -0.4 is 5.32 Å². The zero-order valence-electron chi connectivity index (χ0n) is 11.1. The molecule has 1 aliphatic carbocycles. The number of nitrogens with one attached hydrogen (secondary N) is 1. The van der Waals surface area contributed by atoms with Gasteiger partial charge in [0.1, 0.15) is 0 Å². The molecule has 0 saturated heterocycles. The molecule has 0 atom stereocenters. The maximum absolute atomic E-state index is 11.7. The Morgan fingerprint density at radius 3 is 2.56 bits per heavy atom. The number of rotatable bonds is 5. The quantitative estimate of drug-likeness (QED) is 0.582. The molecule has 4 heteroatoms. The number of hydrogen-bond donors (Lipinski definition) is 2. The first-order valence-corrected chi connectivity index (χ1v) is 6.39. The zero-order valence-corrected chi connectivity index (χ0v) is 11.1. The fourth-order valence-electron chi connectivity index (χ4n) is 1.93. The van der Waals surface area contributed by atoms with Crippen molar-refractivity contribution in [1.29, 1.82) is 0 Å². The van der Waals surface area contributed by atoms with Gasteiger partial charge in [0.2, 0.25) is 5.91 Å². The van der Waals surface area contributed by atoms with Crippen molar-refractivity contribution in [2.45, 2.75) is 46.0 Å². The molecule has 0 saturated carbocycles. The number of allylic oxidation sites excluding steroid dienone is 1. The summed E-state index contributed by atoms with van der Waals surface area (Å²) in [5.74, 6) is -1.33. The summed E-state index contributed by atoms with van der Waals surface area (Å²) in [5.41, 5.74) is 1.78. The van der Waals surface area contributed by atoms with Gasteiger partial charge in [-0.25, -0.2) is 4.79 Å². The first-order chi connectivity index (χ1) is 8.52. The van der Waals surface area contributed by atoms with Crippen LogP contribution in [0.5, 0.6) is 0 Å². The standard InChI is InChI=1S/C14H21NO3/c1-10(11(2)14(17)18)13(16)15-9-8-12-6-4-3-5-7-12/h6H,3-5,7-9H2,1-2H3,(H,15,16)(H,17,18)/b11-10-. The van der Waals surface area contributed by atoms with E-state index in [1.54, 1.807) is 6.92 Å². The third kappa shape index (κ3) is 4.35. The van der Waals surface area contributed by atoms with Crippen molar-refractivity contribution in [3.8, 4) is 0 Å². The topological polar surface area (TPSA) is 66.4 Å². The maximum atomic E-state index is 11.7. The highest BCUT2D eigenvalue weighted by molar-refractivity contribution is 6.01. The number of amides is 1. The molecule has 1 aliphatic rings. The summed E-state index contributed by atoms with van der Waals surface area (Å²) in [4.78, 5) is 22.4. The van der Waals surface area contributed by atoms with E-state index in [9.17, 15) is 9.59 Å². The monoisotopic (exact) mass is 251 g/mol. The minimum Gasteiger partial charge on any atom is -0.478 e. The summed E-state index contributed by atoms with van der Waals surface area (Å²) in [5, 5.41) is 11.5. The fourth-order valence-corrected chi connectivity index (χ4v) is 1.93. The van der Waals surface area contributed by atoms with Gasteiger partial charge >= 0.3 is 5.97 Å². The Kier molecular flexibility index (Phi) is 5.62. The van der Waals surface area contributed by atoms with E-state index in [0.29, 0.717) is 6.54 Å². The maximum Gasteiger partial charge on any atom is 0.331 e. The van der Waals surface area contributed by atoms with E-state index >= 15 is 0 Å². The van der Waals surface area contributed by atoms with Gasteiger partial charge in [0.05, 0.1) is 0 Å². The second-order valence-corrected chi connectivity index (χ2v) is 4.67. The number of carbonyl (C=O) groups excluding carboxylic acids is 1. The Bertz CT molecular complexity index is 394. The van der Waals surface area contributed by atoms with Crippen molar-refractivity contribution in [1.82, 2.24) is 5.32 Å². The largest absolute Gasteiger partial charge is 0.478 e. The molecule has 0 bridgehead atoms. The molecule has 0 radical (unpaired) electrons. The van der Waals surface area contributed by atoms with Crippen molar-refractivity contribution >= 4 is 11.9 Å². The van der Waals surface area contributed by atoms with Crippen molar-refractivity contribution in [3.63, 3.8) is 0 Å². The Labute approximate surface area is 108 Å². The van der Waals surface area contributed by atoms with Crippen molar-refractivity contribution in [2.24, 2.45) is 0 Å². The molecular weight excluding hydrogens is 230 g/mol. The van der Waals surface area contributed by atoms with E-state index in [1.807, 2.05) is 0 Å². The van der Waals surface area contributed by atoms with Crippen LogP contribution in [0.4, 0.5) is 0 Å². The second-order valence-electron chi connectivity index (χ2n) is 4.67. The van der Waals surface area contributed by atoms with Crippen LogP contribution in [0.15, 0.2) is 22.8 Å². The Hall–Kier alpha value is -1.58. The lowest BCUT2D eigenvalue weighted by Gasteiger charge is -2.13. The lowest BCUT2D eigenvalue weighted by molar-refractivity contribution is -0.133. The molecule has 0 aliphatic heterocycles. The van der Waals surface area contributed by atoms with E-state index in [4.69, 9.17) is 5.11 Å². The first kappa shape index (κ1) is 14.5. The van der Waals surface area contributed by atoms with Gasteiger partial charge in [-0.15, -0.1) is 0 Å². The van der Waals surface area contributed by atoms with E-state index in [0.717, 1.165) is 19.3 Å². The number of carbonyl (C=O) groups is 2. The highest BCUT2D eigenvalue weighted by Gasteiger charge is 2.12. The highest BCUT2D eigenvalue weighted by atomic mass is 16.4. The highest BCUT2D eigenvalue weighted by Crippen LogP contribution is 2.19. The van der Waals surface area contributed by atoms with Crippen LogP contribution in [0, 0.1) is 0 Å². The predicted octanol–water partition coefficient (Wildman–Crippen LogP) is 2.41. The van der Waals surface area contributed by atoms with E-state index in [-0.39, 0.29) is 17.1 Å². The van der Waals surface area contributed by atoms with Gasteiger partial charge in [-0.2, -0.15) is 0 Å². The molecule has 1 amide bonds. The Morgan fingerprint density at radius 1 is 1.28 bits per heavy atom. The first-order valence-electron chi connectivity index (χ1n) is 6.39. The molecule has 100 valence electrons. The zero-order chi connectivity index (χ0) is 13.5. The number of carboxylic acids is 1. The molecule has 0 aromatic heterocycles. The minimum absolute atomic E-state index is 0.101. The molecule has 0 unspecified atom stereocenters. The van der Waals surface area contributed by atoms with Crippen LogP contribution in [0.1, 0.15) is 46.0 Å². The van der Waals surface area contributed by atoms with E-state index in [1.165, 1.54) is 25.3 Å². The van der Waals surface area contributed by atoms with Gasteiger partial charge in [-0.05, 0) is 46.0 Å². The number of carboxylic acid groups (broad SMARTS) is 1. The lowest BCUT2D eigenvalue weighted by atomic mass is 9.97. The molecule has 0 aromatic rings. The summed E-state index contributed by atoms with van der Waals surface area (Å²) < 4.78 is 0. The molecular formula is C14H21NO3. The van der Waals surface area contributed by atoms with Gasteiger partial charge in [-0.1, -0.05) is 11.6 Å². The van der Waals surface area contributed by atoms with Crippen LogP contribution >= 0.6 is 0 Å². The third-order valence-corrected chi connectivity index (χ3v) is 3.34. The second kappa shape index (κ2) is 6.99. The van der Waals surface area contributed by atoms with Crippen LogP contribution in [-0.2, 0) is 9.59 Å². The molecule has 4 nitrogen and oxygen atoms in total. The van der Waals surface area contributed by atoms with Crippen molar-refractivity contribution < 1.29 is 14.7 Å². The Balaban J connectivity index is 2.39. The summed E-state index contributed by atoms with van der Waals surface area (Å²) in [6.45, 7) is 3.56. The smallest absolute Gasteiger partial charge is 0.331 e. The average molecular weight is 251 g/mol. The van der Waals surface area contributed by atoms with Crippen molar-refractivity contribution in [3.05, 3.63) is 22.8 Å². The Morgan fingerprint density at radius 2 is 2.00 bits per heavy atom. The van der Waals surface area contributed by atoms with Crippen molar-refractivity contribution in [2.75, 3.05) is 6.54 Å². The molecule has 18 heavy (non-hydrogen) atoms. The SMILES string of the molecule is C/C(C(=O)O)=C(\C)C(=O)NCCC1=CCCCC1. The normalized spacial score (nSPS) is 16.7. The van der Waals surface area contributed by atoms with Gasteiger partial charge in [0, 0.05) is 17.7 Å². The number of hydrogen-bond acceptors (Lipinski definition) is 2. The molecule has 0 spiro atoms. The van der Waals surface area contributed by atoms with Crippen LogP contribution in [-0.4, -0.2) is 23.5 Å². The van der Waals surface area contributed by atoms with Gasteiger partial charge in [0.25, 0.3) is 0 Å². The summed E-state index contributed by atoms with van der Waals surface area (Å²) in [6.07, 6.45) is 7.87. The summed E-state index contributed by atoms with van der Waals surface area (Å²) in [6, 6.07) is 0. The van der Waals surface area contributed by atoms with E-state index in [2.05, 4.69) is 11.4 Å². The summed E-state index contributed by atoms with van der Waals surface area (Å²) >= 11 is 0.